The van der Waals surface area contributed by atoms with E-state index in [1.807, 2.05) is 6.92 Å². The number of benzene rings is 1. The van der Waals surface area contributed by atoms with Crippen molar-refractivity contribution in [3.05, 3.63) is 39.3 Å². The molecule has 0 bridgehead atoms. The topological polar surface area (TPSA) is 24.9 Å². The predicted molar refractivity (Wildman–Crippen MR) is 87.1 cm³/mol. The molecule has 1 N–H and O–H groups in total. The van der Waals surface area contributed by atoms with Gasteiger partial charge in [-0.05, 0) is 37.6 Å². The van der Waals surface area contributed by atoms with Gasteiger partial charge in [0, 0.05) is 27.0 Å². The zero-order valence-corrected chi connectivity index (χ0v) is 14.3. The summed E-state index contributed by atoms with van der Waals surface area (Å²) in [5, 5.41) is 5.55. The molecule has 2 nitrogen and oxygen atoms in total. The second-order valence-electron chi connectivity index (χ2n) is 4.29. The van der Waals surface area contributed by atoms with Crippen molar-refractivity contribution in [3.8, 4) is 0 Å². The van der Waals surface area contributed by atoms with Crippen molar-refractivity contribution in [2.45, 2.75) is 36.0 Å². The van der Waals surface area contributed by atoms with E-state index in [0.717, 1.165) is 34.0 Å². The van der Waals surface area contributed by atoms with Gasteiger partial charge in [0.05, 0.1) is 0 Å². The van der Waals surface area contributed by atoms with Gasteiger partial charge in [0.25, 0.3) is 0 Å². The molecule has 0 radical (unpaired) electrons. The van der Waals surface area contributed by atoms with E-state index in [1.165, 1.54) is 10.5 Å². The maximum atomic E-state index is 4.52. The van der Waals surface area contributed by atoms with Gasteiger partial charge < -0.3 is 5.32 Å². The van der Waals surface area contributed by atoms with E-state index in [2.05, 4.69) is 56.7 Å². The lowest BCUT2D eigenvalue weighted by Gasteiger charge is -2.09. The van der Waals surface area contributed by atoms with Crippen LogP contribution in [-0.4, -0.2) is 11.5 Å². The summed E-state index contributed by atoms with van der Waals surface area (Å²) < 4.78 is 2.22. The van der Waals surface area contributed by atoms with Crippen LogP contribution in [0, 0.1) is 6.92 Å². The van der Waals surface area contributed by atoms with Crippen LogP contribution in [0.2, 0.25) is 0 Å². The summed E-state index contributed by atoms with van der Waals surface area (Å²) in [7, 11) is 0. The highest BCUT2D eigenvalue weighted by molar-refractivity contribution is 9.10. The number of rotatable bonds is 6. The standard InChI is InChI=1S/C14H17BrN2S2/c1-3-6-16-8-11-4-5-12(15)7-13(11)19-14-17-10(2)9-18-14/h4-5,7,9,16H,3,6,8H2,1-2H3. The first-order valence-electron chi connectivity index (χ1n) is 6.28. The summed E-state index contributed by atoms with van der Waals surface area (Å²) in [5.41, 5.74) is 2.42. The average molecular weight is 357 g/mol. The number of thiazole rings is 1. The third-order valence-electron chi connectivity index (χ3n) is 2.57. The molecule has 0 aliphatic heterocycles. The fourth-order valence-electron chi connectivity index (χ4n) is 1.64. The predicted octanol–water partition coefficient (Wildman–Crippen LogP) is 4.86. The molecular formula is C14H17BrN2S2. The molecule has 0 aliphatic carbocycles. The quantitative estimate of drug-likeness (QED) is 0.747. The largest absolute Gasteiger partial charge is 0.313 e. The second kappa shape index (κ2) is 7.43. The molecule has 19 heavy (non-hydrogen) atoms. The van der Waals surface area contributed by atoms with Crippen LogP contribution in [0.3, 0.4) is 0 Å². The summed E-state index contributed by atoms with van der Waals surface area (Å²) in [6.45, 7) is 6.18. The zero-order chi connectivity index (χ0) is 13.7. The minimum Gasteiger partial charge on any atom is -0.313 e. The first-order valence-corrected chi connectivity index (χ1v) is 8.77. The van der Waals surface area contributed by atoms with Crippen LogP contribution < -0.4 is 5.32 Å². The Morgan fingerprint density at radius 1 is 1.42 bits per heavy atom. The maximum absolute atomic E-state index is 4.52. The number of aryl methyl sites for hydroxylation is 1. The second-order valence-corrected chi connectivity index (χ2v) is 7.35. The minimum atomic E-state index is 0.911. The third kappa shape index (κ3) is 4.60. The van der Waals surface area contributed by atoms with Gasteiger partial charge in [0.15, 0.2) is 4.34 Å². The molecule has 0 fully saturated rings. The van der Waals surface area contributed by atoms with Gasteiger partial charge in [0.2, 0.25) is 0 Å². The van der Waals surface area contributed by atoms with Crippen LogP contribution in [0.4, 0.5) is 0 Å². The van der Waals surface area contributed by atoms with Crippen molar-refractivity contribution >= 4 is 39.0 Å². The highest BCUT2D eigenvalue weighted by atomic mass is 79.9. The lowest BCUT2D eigenvalue weighted by Crippen LogP contribution is -2.14. The van der Waals surface area contributed by atoms with Crippen LogP contribution in [-0.2, 0) is 6.54 Å². The molecule has 1 aromatic carbocycles. The molecular weight excluding hydrogens is 340 g/mol. The summed E-state index contributed by atoms with van der Waals surface area (Å²) in [6.07, 6.45) is 1.16. The Hall–Kier alpha value is -0.360. The SMILES string of the molecule is CCCNCc1ccc(Br)cc1Sc1nc(C)cs1. The molecule has 0 aliphatic rings. The van der Waals surface area contributed by atoms with Gasteiger partial charge in [-0.3, -0.25) is 0 Å². The molecule has 1 aromatic heterocycles. The van der Waals surface area contributed by atoms with E-state index in [4.69, 9.17) is 0 Å². The number of nitrogens with zero attached hydrogens (tertiary/aromatic N) is 1. The van der Waals surface area contributed by atoms with Crippen molar-refractivity contribution in [2.24, 2.45) is 0 Å². The third-order valence-corrected chi connectivity index (χ3v) is 5.22. The number of hydrogen-bond acceptors (Lipinski definition) is 4. The average Bonchev–Trinajstić information content (AvgIpc) is 2.78. The monoisotopic (exact) mass is 356 g/mol. The molecule has 0 saturated heterocycles. The lowest BCUT2D eigenvalue weighted by molar-refractivity contribution is 0.669. The Morgan fingerprint density at radius 2 is 2.26 bits per heavy atom. The fourth-order valence-corrected chi connectivity index (χ4v) is 4.12. The van der Waals surface area contributed by atoms with Crippen LogP contribution in [0.25, 0.3) is 0 Å². The summed E-state index contributed by atoms with van der Waals surface area (Å²) in [4.78, 5) is 5.79. The smallest absolute Gasteiger partial charge is 0.154 e. The summed E-state index contributed by atoms with van der Waals surface area (Å²) >= 11 is 6.99. The molecule has 2 aromatic rings. The van der Waals surface area contributed by atoms with Gasteiger partial charge in [-0.15, -0.1) is 11.3 Å². The van der Waals surface area contributed by atoms with Gasteiger partial charge in [-0.1, -0.05) is 40.7 Å². The molecule has 0 saturated carbocycles. The normalized spacial score (nSPS) is 10.9. The van der Waals surface area contributed by atoms with Crippen LogP contribution >= 0.6 is 39.0 Å². The van der Waals surface area contributed by atoms with Crippen LogP contribution in [0.1, 0.15) is 24.6 Å². The highest BCUT2D eigenvalue weighted by Gasteiger charge is 2.08. The molecule has 2 rings (SSSR count). The van der Waals surface area contributed by atoms with Crippen molar-refractivity contribution in [3.63, 3.8) is 0 Å². The van der Waals surface area contributed by atoms with Crippen LogP contribution in [0.15, 0.2) is 37.3 Å². The van der Waals surface area contributed by atoms with Crippen molar-refractivity contribution in [2.75, 3.05) is 6.54 Å². The van der Waals surface area contributed by atoms with Crippen LogP contribution in [0.5, 0.6) is 0 Å². The van der Waals surface area contributed by atoms with Gasteiger partial charge >= 0.3 is 0 Å². The molecule has 5 heteroatoms. The van der Waals surface area contributed by atoms with Gasteiger partial charge in [0.1, 0.15) is 0 Å². The van der Waals surface area contributed by atoms with Crippen molar-refractivity contribution in [1.29, 1.82) is 0 Å². The molecule has 0 amide bonds. The summed E-state index contributed by atoms with van der Waals surface area (Å²) in [6, 6.07) is 6.44. The Labute approximate surface area is 131 Å². The van der Waals surface area contributed by atoms with Crippen molar-refractivity contribution in [1.82, 2.24) is 10.3 Å². The number of nitrogens with one attached hydrogen (secondary N) is 1. The fraction of sp³-hybridized carbons (Fsp3) is 0.357. The maximum Gasteiger partial charge on any atom is 0.154 e. The molecule has 0 spiro atoms. The van der Waals surface area contributed by atoms with Gasteiger partial charge in [-0.25, -0.2) is 4.98 Å². The van der Waals surface area contributed by atoms with E-state index in [0.29, 0.717) is 0 Å². The van der Waals surface area contributed by atoms with Gasteiger partial charge in [-0.2, -0.15) is 0 Å². The first-order chi connectivity index (χ1) is 9.19. The Kier molecular flexibility index (Phi) is 5.88. The Balaban J connectivity index is 2.14. The Morgan fingerprint density at radius 3 is 2.95 bits per heavy atom. The van der Waals surface area contributed by atoms with E-state index in [-0.39, 0.29) is 0 Å². The zero-order valence-electron chi connectivity index (χ0n) is 11.1. The lowest BCUT2D eigenvalue weighted by atomic mass is 10.2. The van der Waals surface area contributed by atoms with Crippen molar-refractivity contribution < 1.29 is 0 Å². The van der Waals surface area contributed by atoms with E-state index in [1.54, 1.807) is 23.1 Å². The summed E-state index contributed by atoms with van der Waals surface area (Å²) in [5.74, 6) is 0. The number of hydrogen-bond donors (Lipinski definition) is 1. The molecule has 0 atom stereocenters. The van der Waals surface area contributed by atoms with E-state index < -0.39 is 0 Å². The number of aromatic nitrogens is 1. The Bertz CT molecular complexity index is 540. The molecule has 102 valence electrons. The van der Waals surface area contributed by atoms with E-state index >= 15 is 0 Å². The highest BCUT2D eigenvalue weighted by Crippen LogP contribution is 2.34. The first kappa shape index (κ1) is 15.0. The van der Waals surface area contributed by atoms with E-state index in [9.17, 15) is 0 Å². The minimum absolute atomic E-state index is 0.911. The molecule has 0 unspecified atom stereocenters. The molecule has 1 heterocycles. The number of halogens is 1.